The summed E-state index contributed by atoms with van der Waals surface area (Å²) in [5.74, 6) is -0.208. The molecule has 19 heavy (non-hydrogen) atoms. The van der Waals surface area contributed by atoms with Crippen LogP contribution in [0.25, 0.3) is 0 Å². The highest BCUT2D eigenvalue weighted by Crippen LogP contribution is 2.56. The predicted molar refractivity (Wildman–Crippen MR) is 70.2 cm³/mol. The quantitative estimate of drug-likeness (QED) is 0.447. The third-order valence-corrected chi connectivity index (χ3v) is 4.85. The van der Waals surface area contributed by atoms with Gasteiger partial charge in [-0.25, -0.2) is 0 Å². The van der Waals surface area contributed by atoms with Crippen molar-refractivity contribution in [1.82, 2.24) is 0 Å². The summed E-state index contributed by atoms with van der Waals surface area (Å²) in [5, 5.41) is 0. The van der Waals surface area contributed by atoms with Gasteiger partial charge in [0.1, 0.15) is 0 Å². The molecule has 0 unspecified atom stereocenters. The Hall–Kier alpha value is -1.32. The summed E-state index contributed by atoms with van der Waals surface area (Å²) in [6, 6.07) is 0. The van der Waals surface area contributed by atoms with Gasteiger partial charge in [0.2, 0.25) is 0 Å². The van der Waals surface area contributed by atoms with Crippen LogP contribution in [0.2, 0.25) is 0 Å². The fourth-order valence-corrected chi connectivity index (χ4v) is 3.95. The number of esters is 2. The first-order chi connectivity index (χ1) is 9.11. The Bertz CT molecular complexity index is 383. The molecule has 0 spiro atoms. The zero-order chi connectivity index (χ0) is 14.0. The molecule has 2 aliphatic carbocycles. The number of hydrogen-bond acceptors (Lipinski definition) is 4. The lowest BCUT2D eigenvalue weighted by Gasteiger charge is -2.33. The predicted octanol–water partition coefficient (Wildman–Crippen LogP) is 2.33. The highest BCUT2D eigenvalue weighted by atomic mass is 16.5. The molecule has 3 atom stereocenters. The first-order valence-corrected chi connectivity index (χ1v) is 6.95. The Morgan fingerprint density at radius 2 is 1.89 bits per heavy atom. The average Bonchev–Trinajstić information content (AvgIpc) is 2.81. The van der Waals surface area contributed by atoms with E-state index in [1.54, 1.807) is 0 Å². The van der Waals surface area contributed by atoms with Gasteiger partial charge < -0.3 is 9.47 Å². The van der Waals surface area contributed by atoms with Gasteiger partial charge in [0, 0.05) is 0 Å². The van der Waals surface area contributed by atoms with Gasteiger partial charge in [-0.15, -0.1) is 0 Å². The molecule has 0 radical (unpaired) electrons. The van der Waals surface area contributed by atoms with Crippen molar-refractivity contribution in [3.63, 3.8) is 0 Å². The standard InChI is InChI=1S/C15H22O4/c1-4-10-9-15(13(16)18-2,14(17)19-3)12-8-6-5-7-11(10)12/h5,7,10-12H,4,6,8-9H2,1-3H3/t10-,11+,12+/m0/s1. The number of rotatable bonds is 3. The second-order valence-corrected chi connectivity index (χ2v) is 5.52. The van der Waals surface area contributed by atoms with Gasteiger partial charge in [-0.2, -0.15) is 0 Å². The van der Waals surface area contributed by atoms with Crippen LogP contribution < -0.4 is 0 Å². The second kappa shape index (κ2) is 5.35. The maximum absolute atomic E-state index is 12.3. The number of carbonyl (C=O) groups excluding carboxylic acids is 2. The van der Waals surface area contributed by atoms with E-state index in [4.69, 9.17) is 9.47 Å². The van der Waals surface area contributed by atoms with E-state index in [1.165, 1.54) is 14.2 Å². The second-order valence-electron chi connectivity index (χ2n) is 5.52. The highest BCUT2D eigenvalue weighted by molar-refractivity contribution is 6.01. The van der Waals surface area contributed by atoms with E-state index in [0.29, 0.717) is 12.3 Å². The Balaban J connectivity index is 2.45. The Morgan fingerprint density at radius 3 is 2.42 bits per heavy atom. The molecule has 2 rings (SSSR count). The largest absolute Gasteiger partial charge is 0.468 e. The van der Waals surface area contributed by atoms with Crippen molar-refractivity contribution in [3.8, 4) is 0 Å². The first-order valence-electron chi connectivity index (χ1n) is 6.95. The summed E-state index contributed by atoms with van der Waals surface area (Å²) < 4.78 is 9.88. The molecule has 0 aliphatic heterocycles. The fraction of sp³-hybridized carbons (Fsp3) is 0.733. The van der Waals surface area contributed by atoms with Crippen LogP contribution in [0.15, 0.2) is 12.2 Å². The molecule has 0 saturated heterocycles. The van der Waals surface area contributed by atoms with E-state index in [0.717, 1.165) is 19.3 Å². The third-order valence-electron chi connectivity index (χ3n) is 4.85. The van der Waals surface area contributed by atoms with E-state index in [-0.39, 0.29) is 11.8 Å². The highest BCUT2D eigenvalue weighted by Gasteiger charge is 2.62. The summed E-state index contributed by atoms with van der Waals surface area (Å²) >= 11 is 0. The topological polar surface area (TPSA) is 52.6 Å². The van der Waals surface area contributed by atoms with Crippen LogP contribution in [-0.2, 0) is 19.1 Å². The van der Waals surface area contributed by atoms with Crippen molar-refractivity contribution in [2.75, 3.05) is 14.2 Å². The van der Waals surface area contributed by atoms with Crippen molar-refractivity contribution in [2.45, 2.75) is 32.6 Å². The van der Waals surface area contributed by atoms with Gasteiger partial charge in [-0.3, -0.25) is 9.59 Å². The molecule has 0 N–H and O–H groups in total. The van der Waals surface area contributed by atoms with Crippen LogP contribution >= 0.6 is 0 Å². The molecule has 0 amide bonds. The summed E-state index contributed by atoms with van der Waals surface area (Å²) in [6.45, 7) is 2.11. The van der Waals surface area contributed by atoms with Gasteiger partial charge in [0.05, 0.1) is 14.2 Å². The Kier molecular flexibility index (Phi) is 3.97. The van der Waals surface area contributed by atoms with Crippen molar-refractivity contribution in [3.05, 3.63) is 12.2 Å². The third kappa shape index (κ3) is 1.97. The van der Waals surface area contributed by atoms with Crippen molar-refractivity contribution < 1.29 is 19.1 Å². The molecule has 0 bridgehead atoms. The van der Waals surface area contributed by atoms with Gasteiger partial charge in [0.25, 0.3) is 0 Å². The number of fused-ring (bicyclic) bond motifs is 1. The minimum absolute atomic E-state index is 0.0161. The molecule has 1 fully saturated rings. The summed E-state index contributed by atoms with van der Waals surface area (Å²) in [6.07, 6.45) is 7.60. The Labute approximate surface area is 114 Å². The Morgan fingerprint density at radius 1 is 1.26 bits per heavy atom. The smallest absolute Gasteiger partial charge is 0.323 e. The van der Waals surface area contributed by atoms with Gasteiger partial charge >= 0.3 is 11.9 Å². The molecule has 106 valence electrons. The zero-order valence-electron chi connectivity index (χ0n) is 11.8. The lowest BCUT2D eigenvalue weighted by atomic mass is 9.71. The van der Waals surface area contributed by atoms with Crippen LogP contribution in [0.4, 0.5) is 0 Å². The molecular formula is C15H22O4. The summed E-state index contributed by atoms with van der Waals surface area (Å²) in [5.41, 5.74) is -1.10. The van der Waals surface area contributed by atoms with Crippen LogP contribution in [0.1, 0.15) is 32.6 Å². The first kappa shape index (κ1) is 14.1. The summed E-state index contributed by atoms with van der Waals surface area (Å²) in [4.78, 5) is 24.6. The molecule has 0 aromatic heterocycles. The van der Waals surface area contributed by atoms with Crippen molar-refractivity contribution in [1.29, 1.82) is 0 Å². The maximum Gasteiger partial charge on any atom is 0.323 e. The number of allylic oxidation sites excluding steroid dienone is 2. The van der Waals surface area contributed by atoms with E-state index in [2.05, 4.69) is 19.1 Å². The molecule has 4 heteroatoms. The average molecular weight is 266 g/mol. The fourth-order valence-electron chi connectivity index (χ4n) is 3.95. The van der Waals surface area contributed by atoms with E-state index in [1.807, 2.05) is 0 Å². The van der Waals surface area contributed by atoms with E-state index in [9.17, 15) is 9.59 Å². The normalized spacial score (nSPS) is 31.6. The van der Waals surface area contributed by atoms with Gasteiger partial charge in [-0.05, 0) is 37.0 Å². The van der Waals surface area contributed by atoms with Crippen LogP contribution in [0.5, 0.6) is 0 Å². The number of hydrogen-bond donors (Lipinski definition) is 0. The molecule has 4 nitrogen and oxygen atoms in total. The molecule has 0 heterocycles. The zero-order valence-corrected chi connectivity index (χ0v) is 11.8. The number of methoxy groups -OCH3 is 2. The number of ether oxygens (including phenoxy) is 2. The van der Waals surface area contributed by atoms with Crippen LogP contribution in [-0.4, -0.2) is 26.2 Å². The monoisotopic (exact) mass is 266 g/mol. The van der Waals surface area contributed by atoms with Gasteiger partial charge in [-0.1, -0.05) is 25.5 Å². The SMILES string of the molecule is CC[C@H]1CC(C(=O)OC)(C(=O)OC)[C@@H]2CCC=C[C@H]12. The molecular weight excluding hydrogens is 244 g/mol. The molecule has 1 saturated carbocycles. The molecule has 0 aromatic carbocycles. The van der Waals surface area contributed by atoms with Crippen LogP contribution in [0, 0.1) is 23.2 Å². The minimum Gasteiger partial charge on any atom is -0.468 e. The number of carbonyl (C=O) groups is 2. The van der Waals surface area contributed by atoms with Crippen molar-refractivity contribution >= 4 is 11.9 Å². The molecule has 0 aromatic rings. The van der Waals surface area contributed by atoms with E-state index >= 15 is 0 Å². The van der Waals surface area contributed by atoms with Gasteiger partial charge in [0.15, 0.2) is 5.41 Å². The lowest BCUT2D eigenvalue weighted by molar-refractivity contribution is -0.173. The summed E-state index contributed by atoms with van der Waals surface area (Å²) in [7, 11) is 2.69. The van der Waals surface area contributed by atoms with Crippen LogP contribution in [0.3, 0.4) is 0 Å². The molecule has 2 aliphatic rings. The maximum atomic E-state index is 12.3. The lowest BCUT2D eigenvalue weighted by Crippen LogP contribution is -2.45. The van der Waals surface area contributed by atoms with E-state index < -0.39 is 17.4 Å². The van der Waals surface area contributed by atoms with Crippen molar-refractivity contribution in [2.24, 2.45) is 23.2 Å². The minimum atomic E-state index is -1.10.